The normalized spacial score (nSPS) is 13.1. The predicted molar refractivity (Wildman–Crippen MR) is 147 cm³/mol. The van der Waals surface area contributed by atoms with Crippen molar-refractivity contribution in [2.24, 2.45) is 20.5 Å². The van der Waals surface area contributed by atoms with Crippen molar-refractivity contribution in [3.8, 4) is 11.5 Å². The summed E-state index contributed by atoms with van der Waals surface area (Å²) < 4.78 is 94.8. The molecule has 0 bridgehead atoms. The monoisotopic (exact) mass is 687 g/mol. The van der Waals surface area contributed by atoms with Crippen LogP contribution in [0.1, 0.15) is 5.56 Å². The third-order valence-corrected chi connectivity index (χ3v) is 8.24. The summed E-state index contributed by atoms with van der Waals surface area (Å²) in [7, 11) is -13.8. The van der Waals surface area contributed by atoms with Crippen LogP contribution in [0.3, 0.4) is 0 Å². The SMILES string of the molecule is Cc1cc(N=Nc2c(S(=O)(=O)O)cc3cccc(S(=O)(=O)O)c3c2O)c(O)cc1N=Nc1ccc(S(O)(O)O)cc1.[Cu]. The molecule has 42 heavy (non-hydrogen) atoms. The molecule has 0 spiro atoms. The molecule has 0 heterocycles. The van der Waals surface area contributed by atoms with Gasteiger partial charge in [-0.05, 0) is 60.3 Å². The Kier molecular flexibility index (Phi) is 9.44. The van der Waals surface area contributed by atoms with E-state index in [2.05, 4.69) is 20.5 Å². The quantitative estimate of drug-likeness (QED) is 0.0629. The standard InChI is InChI=1S/C23H20N4O11S3.Cu/c1-12-9-17(18(28)11-16(12)25-24-14-5-7-15(8-6-14)39(30,31)32)26-27-22-20(41(36,37)38)10-13-3-2-4-19(40(33,34)35)21(13)23(22)29;/h2-11,28-32H,1H3,(H,33,34,35)(H,36,37,38);. The number of hydrogen-bond acceptors (Lipinski definition) is 13. The van der Waals surface area contributed by atoms with Gasteiger partial charge in [-0.2, -0.15) is 27.1 Å². The first-order valence-electron chi connectivity index (χ1n) is 11.0. The minimum absolute atomic E-state index is 0. The maximum atomic E-state index is 12.0. The van der Waals surface area contributed by atoms with E-state index >= 15 is 0 Å². The third kappa shape index (κ3) is 7.10. The van der Waals surface area contributed by atoms with Gasteiger partial charge in [0.25, 0.3) is 20.2 Å². The molecule has 7 N–H and O–H groups in total. The number of aryl methyl sites for hydroxylation is 1. The van der Waals surface area contributed by atoms with E-state index in [1.807, 2.05) is 0 Å². The van der Waals surface area contributed by atoms with Gasteiger partial charge in [-0.15, -0.1) is 10.2 Å². The van der Waals surface area contributed by atoms with Crippen molar-refractivity contribution in [2.75, 3.05) is 0 Å². The summed E-state index contributed by atoms with van der Waals surface area (Å²) in [5.41, 5.74) is -0.258. The van der Waals surface area contributed by atoms with Crippen molar-refractivity contribution in [2.45, 2.75) is 21.6 Å². The summed E-state index contributed by atoms with van der Waals surface area (Å²) >= 11 is 0. The van der Waals surface area contributed by atoms with Gasteiger partial charge < -0.3 is 23.9 Å². The summed E-state index contributed by atoms with van der Waals surface area (Å²) in [5, 5.41) is 36.0. The van der Waals surface area contributed by atoms with Crippen LogP contribution in [0.5, 0.6) is 11.5 Å². The Morgan fingerprint density at radius 2 is 1.26 bits per heavy atom. The van der Waals surface area contributed by atoms with E-state index in [4.69, 9.17) is 0 Å². The van der Waals surface area contributed by atoms with E-state index in [1.165, 1.54) is 42.5 Å². The van der Waals surface area contributed by atoms with Crippen LogP contribution >= 0.6 is 10.9 Å². The fourth-order valence-corrected chi connectivity index (χ4v) is 5.53. The summed E-state index contributed by atoms with van der Waals surface area (Å²) in [5.74, 6) is -1.53. The number of rotatable bonds is 7. The number of hydrogen-bond donors (Lipinski definition) is 7. The number of phenolic OH excluding ortho intramolecular Hbond substituents is 2. The molecule has 0 atom stereocenters. The molecular weight excluding hydrogens is 668 g/mol. The van der Waals surface area contributed by atoms with Crippen molar-refractivity contribution in [3.63, 3.8) is 0 Å². The minimum atomic E-state index is -5.03. The zero-order valence-electron chi connectivity index (χ0n) is 20.9. The smallest absolute Gasteiger partial charge is 0.296 e. The van der Waals surface area contributed by atoms with Crippen LogP contribution in [0, 0.1) is 6.92 Å². The Hall–Kier alpha value is -3.49. The van der Waals surface area contributed by atoms with Crippen LogP contribution in [0.4, 0.5) is 22.7 Å². The first-order valence-corrected chi connectivity index (χ1v) is 15.4. The molecule has 227 valence electrons. The van der Waals surface area contributed by atoms with Crippen molar-refractivity contribution < 1.29 is 66.9 Å². The van der Waals surface area contributed by atoms with Gasteiger partial charge in [0.05, 0.1) is 16.3 Å². The van der Waals surface area contributed by atoms with E-state index in [1.54, 1.807) is 6.92 Å². The Balaban J connectivity index is 0.00000484. The largest absolute Gasteiger partial charge is 0.506 e. The second kappa shape index (κ2) is 12.0. The second-order valence-electron chi connectivity index (χ2n) is 8.42. The number of phenols is 2. The van der Waals surface area contributed by atoms with Crippen LogP contribution in [-0.2, 0) is 37.3 Å². The number of benzene rings is 4. The van der Waals surface area contributed by atoms with Gasteiger partial charge in [0.1, 0.15) is 37.8 Å². The first-order chi connectivity index (χ1) is 19.0. The average Bonchev–Trinajstić information content (AvgIpc) is 2.87. The van der Waals surface area contributed by atoms with Crippen molar-refractivity contribution in [1.82, 2.24) is 0 Å². The van der Waals surface area contributed by atoms with Crippen molar-refractivity contribution >= 4 is 64.6 Å². The van der Waals surface area contributed by atoms with E-state index < -0.39 is 63.5 Å². The molecular formula is C23H20CuN4O11S3. The maximum absolute atomic E-state index is 12.0. The Morgan fingerprint density at radius 1 is 0.667 bits per heavy atom. The Bertz CT molecular complexity index is 1960. The fourth-order valence-electron chi connectivity index (χ4n) is 3.64. The molecule has 0 aromatic heterocycles. The molecule has 0 saturated carbocycles. The van der Waals surface area contributed by atoms with E-state index in [0.717, 1.165) is 18.2 Å². The molecule has 4 rings (SSSR count). The van der Waals surface area contributed by atoms with Crippen LogP contribution in [0.2, 0.25) is 0 Å². The fraction of sp³-hybridized carbons (Fsp3) is 0.0435. The molecule has 15 nitrogen and oxygen atoms in total. The predicted octanol–water partition coefficient (Wildman–Crippen LogP) is 6.46. The molecule has 0 amide bonds. The Labute approximate surface area is 250 Å². The van der Waals surface area contributed by atoms with E-state index in [-0.39, 0.29) is 44.4 Å². The second-order valence-corrected chi connectivity index (χ2v) is 12.7. The average molecular weight is 688 g/mol. The molecule has 4 aromatic rings. The molecule has 0 aliphatic rings. The molecule has 0 saturated heterocycles. The molecule has 0 aliphatic carbocycles. The third-order valence-electron chi connectivity index (χ3n) is 5.57. The number of nitrogens with zero attached hydrogens (tertiary/aromatic N) is 4. The maximum Gasteiger partial charge on any atom is 0.296 e. The molecule has 1 radical (unpaired) electrons. The van der Waals surface area contributed by atoms with Gasteiger partial charge in [-0.25, -0.2) is 0 Å². The van der Waals surface area contributed by atoms with Gasteiger partial charge >= 0.3 is 0 Å². The van der Waals surface area contributed by atoms with Gasteiger partial charge in [-0.3, -0.25) is 9.11 Å². The summed E-state index contributed by atoms with van der Waals surface area (Å²) in [6.45, 7) is 1.56. The molecule has 0 aliphatic heterocycles. The number of fused-ring (bicyclic) bond motifs is 1. The zero-order chi connectivity index (χ0) is 30.3. The Morgan fingerprint density at radius 3 is 1.83 bits per heavy atom. The zero-order valence-corrected chi connectivity index (χ0v) is 24.2. The number of azo groups is 2. The van der Waals surface area contributed by atoms with Crippen LogP contribution in [0.25, 0.3) is 10.8 Å². The summed E-state index contributed by atoms with van der Waals surface area (Å²) in [6, 6.07) is 11.8. The van der Waals surface area contributed by atoms with Crippen molar-refractivity contribution in [1.29, 1.82) is 0 Å². The van der Waals surface area contributed by atoms with Crippen LogP contribution < -0.4 is 0 Å². The first kappa shape index (κ1) is 33.0. The topological polar surface area (TPSA) is 259 Å². The van der Waals surface area contributed by atoms with Crippen molar-refractivity contribution in [3.05, 3.63) is 66.2 Å². The molecule has 0 unspecified atom stereocenters. The van der Waals surface area contributed by atoms with Gasteiger partial charge in [-0.1, -0.05) is 12.1 Å². The molecule has 0 fully saturated rings. The van der Waals surface area contributed by atoms with Gasteiger partial charge in [0.15, 0.2) is 5.75 Å². The summed E-state index contributed by atoms with van der Waals surface area (Å²) in [4.78, 5) is -1.80. The molecule has 4 aromatic carbocycles. The van der Waals surface area contributed by atoms with Crippen LogP contribution in [0.15, 0.2) is 95.8 Å². The van der Waals surface area contributed by atoms with Gasteiger partial charge in [0, 0.05) is 28.5 Å². The van der Waals surface area contributed by atoms with Crippen LogP contribution in [-0.4, -0.2) is 49.8 Å². The van der Waals surface area contributed by atoms with E-state index in [9.17, 15) is 49.8 Å². The molecule has 19 heteroatoms. The van der Waals surface area contributed by atoms with Gasteiger partial charge in [0.2, 0.25) is 0 Å². The van der Waals surface area contributed by atoms with E-state index in [0.29, 0.717) is 5.56 Å². The summed E-state index contributed by atoms with van der Waals surface area (Å²) in [6.07, 6.45) is 0. The number of aromatic hydroxyl groups is 2. The minimum Gasteiger partial charge on any atom is -0.506 e.